The maximum absolute atomic E-state index is 12.2. The molecule has 0 radical (unpaired) electrons. The second-order valence-electron chi connectivity index (χ2n) is 3.54. The summed E-state index contributed by atoms with van der Waals surface area (Å²) in [4.78, 5) is 8.54. The molecule has 0 unspecified atom stereocenters. The molecule has 2 aromatic rings. The molecule has 1 heterocycles. The van der Waals surface area contributed by atoms with Crippen LogP contribution in [0, 0.1) is 6.92 Å². The van der Waals surface area contributed by atoms with Crippen molar-refractivity contribution in [2.24, 2.45) is 0 Å². The second kappa shape index (κ2) is 5.63. The molecule has 0 aliphatic rings. The van der Waals surface area contributed by atoms with Gasteiger partial charge in [0.15, 0.2) is 0 Å². The van der Waals surface area contributed by atoms with Gasteiger partial charge in [0.25, 0.3) is 5.76 Å². The zero-order chi connectivity index (χ0) is 13.1. The Balaban J connectivity index is 2.32. The van der Waals surface area contributed by atoms with Crippen LogP contribution in [0.3, 0.4) is 0 Å². The van der Waals surface area contributed by atoms with Gasteiger partial charge in [0.2, 0.25) is 0 Å². The lowest BCUT2D eigenvalue weighted by atomic mass is 10.1. The van der Waals surface area contributed by atoms with Gasteiger partial charge in [0, 0.05) is 16.0 Å². The van der Waals surface area contributed by atoms with E-state index in [0.717, 1.165) is 11.1 Å². The largest absolute Gasteiger partial charge is 0.288 e. The Morgan fingerprint density at radius 1 is 1.17 bits per heavy atom. The third kappa shape index (κ3) is 2.97. The topological polar surface area (TPSA) is 25.8 Å². The number of rotatable bonds is 3. The quantitative estimate of drug-likeness (QED) is 0.617. The van der Waals surface area contributed by atoms with Crippen LogP contribution in [0.2, 0.25) is 5.15 Å². The number of nitrogens with zero attached hydrogens (tertiary/aromatic N) is 2. The van der Waals surface area contributed by atoms with Gasteiger partial charge >= 0.3 is 0 Å². The van der Waals surface area contributed by atoms with Crippen LogP contribution in [-0.4, -0.2) is 15.7 Å². The van der Waals surface area contributed by atoms with E-state index in [1.165, 1.54) is 6.33 Å². The van der Waals surface area contributed by atoms with Crippen LogP contribution in [0.15, 0.2) is 35.5 Å². The summed E-state index contributed by atoms with van der Waals surface area (Å²) >= 11 is 6.43. The van der Waals surface area contributed by atoms with E-state index in [1.807, 2.05) is 6.92 Å². The zero-order valence-corrected chi connectivity index (χ0v) is 11.0. The highest BCUT2D eigenvalue weighted by Gasteiger charge is 2.09. The van der Waals surface area contributed by atoms with E-state index in [-0.39, 0.29) is 0 Å². The van der Waals surface area contributed by atoms with Crippen molar-refractivity contribution in [1.29, 1.82) is 0 Å². The smallest absolute Gasteiger partial charge is 0.236 e. The summed E-state index contributed by atoms with van der Waals surface area (Å²) in [5.74, 6) is -2.41. The summed E-state index contributed by atoms with van der Waals surface area (Å²) in [6.45, 7) is 1.82. The highest BCUT2D eigenvalue weighted by molar-refractivity contribution is 7.99. The van der Waals surface area contributed by atoms with E-state index < -0.39 is 5.76 Å². The maximum Gasteiger partial charge on any atom is 0.288 e. The predicted octanol–water partition coefficient (Wildman–Crippen LogP) is 4.42. The minimum atomic E-state index is -2.41. The lowest BCUT2D eigenvalue weighted by Gasteiger charge is -2.06. The van der Waals surface area contributed by atoms with Gasteiger partial charge in [0.1, 0.15) is 11.5 Å². The molecule has 0 fully saturated rings. The molecule has 1 aromatic heterocycles. The SMILES string of the molecule is Cc1c(Cl)ncnc1-c1ccc(SC(F)F)cc1. The van der Waals surface area contributed by atoms with Crippen LogP contribution >= 0.6 is 23.4 Å². The standard InChI is InChI=1S/C12H9ClF2N2S/c1-7-10(16-6-17-11(7)13)8-2-4-9(5-3-8)18-12(14)15/h2-6,12H,1H3. The molecule has 6 heteroatoms. The molecule has 0 spiro atoms. The Morgan fingerprint density at radius 3 is 2.44 bits per heavy atom. The van der Waals surface area contributed by atoms with Crippen molar-refractivity contribution < 1.29 is 8.78 Å². The normalized spacial score (nSPS) is 10.9. The molecule has 2 rings (SSSR count). The van der Waals surface area contributed by atoms with E-state index in [2.05, 4.69) is 9.97 Å². The number of halogens is 3. The van der Waals surface area contributed by atoms with Crippen molar-refractivity contribution in [2.45, 2.75) is 17.6 Å². The first-order chi connectivity index (χ1) is 8.58. The molecule has 0 atom stereocenters. The summed E-state index contributed by atoms with van der Waals surface area (Å²) in [7, 11) is 0. The van der Waals surface area contributed by atoms with E-state index in [1.54, 1.807) is 24.3 Å². The number of thioether (sulfide) groups is 1. The number of benzene rings is 1. The molecule has 94 valence electrons. The predicted molar refractivity (Wildman–Crippen MR) is 69.1 cm³/mol. The number of alkyl halides is 2. The fourth-order valence-corrected chi connectivity index (χ4v) is 2.15. The summed E-state index contributed by atoms with van der Waals surface area (Å²) in [6, 6.07) is 6.77. The van der Waals surface area contributed by atoms with Crippen molar-refractivity contribution in [3.63, 3.8) is 0 Å². The molecular formula is C12H9ClF2N2S. The van der Waals surface area contributed by atoms with E-state index in [4.69, 9.17) is 11.6 Å². The Hall–Kier alpha value is -1.20. The monoisotopic (exact) mass is 286 g/mol. The molecule has 0 aliphatic carbocycles. The molecule has 0 saturated heterocycles. The maximum atomic E-state index is 12.2. The van der Waals surface area contributed by atoms with Crippen LogP contribution in [0.4, 0.5) is 8.78 Å². The molecular weight excluding hydrogens is 278 g/mol. The van der Waals surface area contributed by atoms with Gasteiger partial charge in [-0.1, -0.05) is 35.5 Å². The first-order valence-electron chi connectivity index (χ1n) is 5.10. The summed E-state index contributed by atoms with van der Waals surface area (Å²) in [6.07, 6.45) is 1.38. The van der Waals surface area contributed by atoms with Gasteiger partial charge < -0.3 is 0 Å². The average Bonchev–Trinajstić information content (AvgIpc) is 2.33. The average molecular weight is 287 g/mol. The van der Waals surface area contributed by atoms with Crippen molar-refractivity contribution in [3.8, 4) is 11.3 Å². The Bertz CT molecular complexity index is 546. The fourth-order valence-electron chi connectivity index (χ4n) is 1.51. The van der Waals surface area contributed by atoms with E-state index in [9.17, 15) is 8.78 Å². The Morgan fingerprint density at radius 2 is 1.83 bits per heavy atom. The number of aromatic nitrogens is 2. The first kappa shape index (κ1) is 13.2. The first-order valence-corrected chi connectivity index (χ1v) is 6.36. The molecule has 0 saturated carbocycles. The van der Waals surface area contributed by atoms with Gasteiger partial charge in [-0.2, -0.15) is 8.78 Å². The highest BCUT2D eigenvalue weighted by Crippen LogP contribution is 2.29. The van der Waals surface area contributed by atoms with Crippen molar-refractivity contribution in [2.75, 3.05) is 0 Å². The van der Waals surface area contributed by atoms with Crippen molar-refractivity contribution in [1.82, 2.24) is 9.97 Å². The molecule has 18 heavy (non-hydrogen) atoms. The minimum absolute atomic E-state index is 0.394. The van der Waals surface area contributed by atoms with Crippen LogP contribution in [0.5, 0.6) is 0 Å². The van der Waals surface area contributed by atoms with Crippen molar-refractivity contribution in [3.05, 3.63) is 41.3 Å². The lowest BCUT2D eigenvalue weighted by Crippen LogP contribution is -1.91. The Kier molecular flexibility index (Phi) is 4.14. The van der Waals surface area contributed by atoms with Gasteiger partial charge in [-0.25, -0.2) is 9.97 Å². The third-order valence-corrected chi connectivity index (χ3v) is 3.48. The molecule has 1 aromatic carbocycles. The fraction of sp³-hybridized carbons (Fsp3) is 0.167. The number of hydrogen-bond acceptors (Lipinski definition) is 3. The highest BCUT2D eigenvalue weighted by atomic mass is 35.5. The molecule has 0 amide bonds. The van der Waals surface area contributed by atoms with Crippen LogP contribution in [0.25, 0.3) is 11.3 Å². The second-order valence-corrected chi connectivity index (χ2v) is 4.96. The molecule has 0 N–H and O–H groups in total. The third-order valence-electron chi connectivity index (χ3n) is 2.38. The van der Waals surface area contributed by atoms with Crippen LogP contribution in [-0.2, 0) is 0 Å². The van der Waals surface area contributed by atoms with Gasteiger partial charge in [-0.15, -0.1) is 0 Å². The van der Waals surface area contributed by atoms with E-state index >= 15 is 0 Å². The lowest BCUT2D eigenvalue weighted by molar-refractivity contribution is 0.252. The number of hydrogen-bond donors (Lipinski definition) is 0. The van der Waals surface area contributed by atoms with Gasteiger partial charge in [-0.05, 0) is 19.1 Å². The van der Waals surface area contributed by atoms with Gasteiger partial charge in [0.05, 0.1) is 5.69 Å². The molecule has 0 aliphatic heterocycles. The minimum Gasteiger partial charge on any atom is -0.236 e. The summed E-state index contributed by atoms with van der Waals surface area (Å²) < 4.78 is 24.4. The summed E-state index contributed by atoms with van der Waals surface area (Å²) in [5.41, 5.74) is 2.31. The Labute approximate surface area is 112 Å². The van der Waals surface area contributed by atoms with E-state index in [0.29, 0.717) is 27.5 Å². The molecule has 2 nitrogen and oxygen atoms in total. The molecule has 0 bridgehead atoms. The zero-order valence-electron chi connectivity index (χ0n) is 9.40. The van der Waals surface area contributed by atoms with Gasteiger partial charge in [-0.3, -0.25) is 0 Å². The van der Waals surface area contributed by atoms with Crippen LogP contribution in [0.1, 0.15) is 5.56 Å². The summed E-state index contributed by atoms with van der Waals surface area (Å²) in [5, 5.41) is 0.394. The van der Waals surface area contributed by atoms with Crippen LogP contribution < -0.4 is 0 Å². The van der Waals surface area contributed by atoms with Crippen molar-refractivity contribution >= 4 is 23.4 Å².